The molecule has 0 bridgehead atoms. The number of carboxylic acid groups (broad SMARTS) is 1. The van der Waals surface area contributed by atoms with Crippen molar-refractivity contribution < 1.29 is 23.8 Å². The van der Waals surface area contributed by atoms with Crippen molar-refractivity contribution in [1.82, 2.24) is 4.90 Å². The first kappa shape index (κ1) is 21.2. The fraction of sp³-hybridized carbons (Fsp3) is 0.259. The number of benzene rings is 3. The number of halogens is 1. The van der Waals surface area contributed by atoms with Crippen molar-refractivity contribution in [3.63, 3.8) is 0 Å². The number of aryl methyl sites for hydroxylation is 1. The number of hydrogen-bond acceptors (Lipinski definition) is 3. The second kappa shape index (κ2) is 8.35. The van der Waals surface area contributed by atoms with E-state index in [2.05, 4.69) is 12.1 Å². The molecular formula is C27H24FNO4. The molecule has 3 aromatic rings. The molecule has 3 aromatic carbocycles. The lowest BCUT2D eigenvalue weighted by molar-refractivity contribution is -0.141. The highest BCUT2D eigenvalue weighted by Gasteiger charge is 2.42. The summed E-state index contributed by atoms with van der Waals surface area (Å²) in [5.41, 5.74) is 5.57. The number of likely N-dealkylation sites (tertiary alicyclic amines) is 1. The fourth-order valence-corrected chi connectivity index (χ4v) is 5.14. The molecule has 2 atom stereocenters. The van der Waals surface area contributed by atoms with Crippen LogP contribution in [0, 0.1) is 18.7 Å². The first-order chi connectivity index (χ1) is 15.9. The SMILES string of the molecule is Cc1ccc([C@@H]2CN(C(=O)OCC3c4ccccc4-c4ccccc43)C[C@H]2C(=O)O)c(F)c1. The summed E-state index contributed by atoms with van der Waals surface area (Å²) in [6, 6.07) is 20.9. The van der Waals surface area contributed by atoms with Crippen molar-refractivity contribution in [3.8, 4) is 11.1 Å². The highest BCUT2D eigenvalue weighted by Crippen LogP contribution is 2.44. The van der Waals surface area contributed by atoms with E-state index in [4.69, 9.17) is 4.74 Å². The largest absolute Gasteiger partial charge is 0.481 e. The topological polar surface area (TPSA) is 66.8 Å². The molecule has 0 saturated carbocycles. The number of carboxylic acids is 1. The molecule has 0 unspecified atom stereocenters. The molecule has 1 heterocycles. The zero-order chi connectivity index (χ0) is 23.1. The molecule has 0 radical (unpaired) electrons. The lowest BCUT2D eigenvalue weighted by Gasteiger charge is -2.19. The molecule has 1 fully saturated rings. The summed E-state index contributed by atoms with van der Waals surface area (Å²) < 4.78 is 20.3. The number of aliphatic carboxylic acids is 1. The van der Waals surface area contributed by atoms with E-state index in [1.54, 1.807) is 19.1 Å². The van der Waals surface area contributed by atoms with Crippen molar-refractivity contribution in [3.05, 3.63) is 94.8 Å². The third-order valence-electron chi connectivity index (χ3n) is 6.79. The summed E-state index contributed by atoms with van der Waals surface area (Å²) in [5.74, 6) is -3.08. The zero-order valence-electron chi connectivity index (χ0n) is 18.2. The Morgan fingerprint density at radius 3 is 2.21 bits per heavy atom. The van der Waals surface area contributed by atoms with Crippen molar-refractivity contribution in [1.29, 1.82) is 0 Å². The monoisotopic (exact) mass is 445 g/mol. The molecular weight excluding hydrogens is 421 g/mol. The molecule has 1 saturated heterocycles. The van der Waals surface area contributed by atoms with Crippen LogP contribution in [0.1, 0.15) is 34.1 Å². The molecule has 168 valence electrons. The summed E-state index contributed by atoms with van der Waals surface area (Å²) in [4.78, 5) is 26.2. The van der Waals surface area contributed by atoms with Crippen LogP contribution in [0.25, 0.3) is 11.1 Å². The molecule has 2 aliphatic rings. The molecule has 5 nitrogen and oxygen atoms in total. The van der Waals surface area contributed by atoms with Crippen molar-refractivity contribution in [2.45, 2.75) is 18.8 Å². The van der Waals surface area contributed by atoms with Crippen LogP contribution in [-0.4, -0.2) is 41.8 Å². The second-order valence-electron chi connectivity index (χ2n) is 8.79. The van der Waals surface area contributed by atoms with Crippen LogP contribution in [-0.2, 0) is 9.53 Å². The molecule has 1 aliphatic heterocycles. The lowest BCUT2D eigenvalue weighted by Crippen LogP contribution is -2.31. The van der Waals surface area contributed by atoms with Gasteiger partial charge in [-0.1, -0.05) is 60.7 Å². The molecule has 5 rings (SSSR count). The third kappa shape index (κ3) is 3.75. The number of carbonyl (C=O) groups is 2. The van der Waals surface area contributed by atoms with E-state index < -0.39 is 29.7 Å². The Kier molecular flexibility index (Phi) is 5.36. The maximum atomic E-state index is 14.6. The van der Waals surface area contributed by atoms with Gasteiger partial charge < -0.3 is 14.7 Å². The Hall–Kier alpha value is -3.67. The number of rotatable bonds is 4. The predicted molar refractivity (Wildman–Crippen MR) is 122 cm³/mol. The Morgan fingerprint density at radius 2 is 1.61 bits per heavy atom. The smallest absolute Gasteiger partial charge is 0.409 e. The fourth-order valence-electron chi connectivity index (χ4n) is 5.14. The van der Waals surface area contributed by atoms with Crippen molar-refractivity contribution in [2.24, 2.45) is 5.92 Å². The van der Waals surface area contributed by atoms with Gasteiger partial charge in [0.2, 0.25) is 0 Å². The van der Waals surface area contributed by atoms with Gasteiger partial charge in [-0.2, -0.15) is 0 Å². The van der Waals surface area contributed by atoms with Crippen LogP contribution in [0.3, 0.4) is 0 Å². The third-order valence-corrected chi connectivity index (χ3v) is 6.79. The average Bonchev–Trinajstić information content (AvgIpc) is 3.38. The Bertz CT molecular complexity index is 1190. The van der Waals surface area contributed by atoms with Gasteiger partial charge in [-0.25, -0.2) is 9.18 Å². The highest BCUT2D eigenvalue weighted by molar-refractivity contribution is 5.79. The van der Waals surface area contributed by atoms with Gasteiger partial charge in [0, 0.05) is 24.9 Å². The number of nitrogens with zero attached hydrogens (tertiary/aromatic N) is 1. The number of ether oxygens (including phenoxy) is 1. The quantitative estimate of drug-likeness (QED) is 0.601. The first-order valence-corrected chi connectivity index (χ1v) is 11.0. The van der Waals surface area contributed by atoms with E-state index in [-0.39, 0.29) is 25.6 Å². The lowest BCUT2D eigenvalue weighted by atomic mass is 9.88. The van der Waals surface area contributed by atoms with Crippen LogP contribution in [0.4, 0.5) is 9.18 Å². The maximum Gasteiger partial charge on any atom is 0.409 e. The van der Waals surface area contributed by atoms with E-state index in [1.807, 2.05) is 36.4 Å². The highest BCUT2D eigenvalue weighted by atomic mass is 19.1. The standard InChI is InChI=1S/C27H24FNO4/c1-16-10-11-21(25(28)12-16)22-13-29(14-23(22)26(30)31)27(32)33-15-24-19-8-4-2-6-17(19)18-7-3-5-9-20(18)24/h2-12,22-24H,13-15H2,1H3,(H,30,31)/t22-,23+/m0/s1. The number of fused-ring (bicyclic) bond motifs is 3. The molecule has 1 aliphatic carbocycles. The first-order valence-electron chi connectivity index (χ1n) is 11.0. The van der Waals surface area contributed by atoms with Gasteiger partial charge in [-0.15, -0.1) is 0 Å². The summed E-state index contributed by atoms with van der Waals surface area (Å²) >= 11 is 0. The van der Waals surface area contributed by atoms with Crippen LogP contribution >= 0.6 is 0 Å². The Morgan fingerprint density at radius 1 is 0.970 bits per heavy atom. The van der Waals surface area contributed by atoms with Gasteiger partial charge in [0.1, 0.15) is 12.4 Å². The summed E-state index contributed by atoms with van der Waals surface area (Å²) in [7, 11) is 0. The van der Waals surface area contributed by atoms with Gasteiger partial charge in [0.15, 0.2) is 0 Å². The number of hydrogen-bond donors (Lipinski definition) is 1. The van der Waals surface area contributed by atoms with Gasteiger partial charge in [0.25, 0.3) is 0 Å². The second-order valence-corrected chi connectivity index (χ2v) is 8.79. The van der Waals surface area contributed by atoms with Gasteiger partial charge >= 0.3 is 12.1 Å². The van der Waals surface area contributed by atoms with E-state index in [9.17, 15) is 19.1 Å². The molecule has 1 amide bonds. The van der Waals surface area contributed by atoms with Crippen LogP contribution < -0.4 is 0 Å². The number of carbonyl (C=O) groups excluding carboxylic acids is 1. The van der Waals surface area contributed by atoms with Gasteiger partial charge in [-0.05, 0) is 46.4 Å². The Labute approximate surface area is 191 Å². The summed E-state index contributed by atoms with van der Waals surface area (Å²) in [6.45, 7) is 2.03. The Balaban J connectivity index is 1.33. The van der Waals surface area contributed by atoms with Crippen LogP contribution in [0.5, 0.6) is 0 Å². The van der Waals surface area contributed by atoms with E-state index >= 15 is 0 Å². The number of amides is 1. The minimum absolute atomic E-state index is 0.00993. The van der Waals surface area contributed by atoms with Crippen LogP contribution in [0.2, 0.25) is 0 Å². The maximum absolute atomic E-state index is 14.6. The summed E-state index contributed by atoms with van der Waals surface area (Å²) in [5, 5.41) is 9.71. The zero-order valence-corrected chi connectivity index (χ0v) is 18.2. The van der Waals surface area contributed by atoms with Crippen molar-refractivity contribution >= 4 is 12.1 Å². The van der Waals surface area contributed by atoms with Crippen LogP contribution in [0.15, 0.2) is 66.7 Å². The summed E-state index contributed by atoms with van der Waals surface area (Å²) in [6.07, 6.45) is -0.571. The minimum Gasteiger partial charge on any atom is -0.481 e. The van der Waals surface area contributed by atoms with E-state index in [0.717, 1.165) is 27.8 Å². The predicted octanol–water partition coefficient (Wildman–Crippen LogP) is 5.18. The van der Waals surface area contributed by atoms with E-state index in [0.29, 0.717) is 5.56 Å². The molecule has 33 heavy (non-hydrogen) atoms. The van der Waals surface area contributed by atoms with E-state index in [1.165, 1.54) is 11.0 Å². The average molecular weight is 445 g/mol. The molecule has 1 N–H and O–H groups in total. The molecule has 0 spiro atoms. The molecule has 6 heteroatoms. The normalized spacial score (nSPS) is 19.3. The molecule has 0 aromatic heterocycles. The van der Waals surface area contributed by atoms with Gasteiger partial charge in [0.05, 0.1) is 5.92 Å². The van der Waals surface area contributed by atoms with Gasteiger partial charge in [-0.3, -0.25) is 4.79 Å². The van der Waals surface area contributed by atoms with Crippen molar-refractivity contribution in [2.75, 3.05) is 19.7 Å². The minimum atomic E-state index is -1.05.